The minimum atomic E-state index is -0.475. The summed E-state index contributed by atoms with van der Waals surface area (Å²) in [4.78, 5) is 32.4. The minimum Gasteiger partial charge on any atom is -0.493 e. The number of ether oxygens (including phenoxy) is 2. The summed E-state index contributed by atoms with van der Waals surface area (Å²) in [7, 11) is 0. The minimum absolute atomic E-state index is 0.115. The van der Waals surface area contributed by atoms with Crippen molar-refractivity contribution in [2.24, 2.45) is 0 Å². The first-order chi connectivity index (χ1) is 13.0. The summed E-state index contributed by atoms with van der Waals surface area (Å²) in [5.74, 6) is 0.427. The van der Waals surface area contributed by atoms with Gasteiger partial charge < -0.3 is 9.47 Å². The molecule has 0 saturated heterocycles. The molecule has 0 bridgehead atoms. The third-order valence-electron chi connectivity index (χ3n) is 4.07. The number of carbonyl (C=O) groups is 3. The fourth-order valence-corrected chi connectivity index (χ4v) is 2.53. The molecule has 5 heteroatoms. The van der Waals surface area contributed by atoms with E-state index in [2.05, 4.69) is 29.0 Å². The van der Waals surface area contributed by atoms with Gasteiger partial charge in [-0.15, -0.1) is 0 Å². The third kappa shape index (κ3) is 7.86. The first-order valence-corrected chi connectivity index (χ1v) is 9.01. The molecule has 0 amide bonds. The lowest BCUT2D eigenvalue weighted by Gasteiger charge is -2.13. The molecule has 0 aliphatic carbocycles. The van der Waals surface area contributed by atoms with Gasteiger partial charge in [0.2, 0.25) is 0 Å². The fourth-order valence-electron chi connectivity index (χ4n) is 2.53. The van der Waals surface area contributed by atoms with Gasteiger partial charge in [-0.2, -0.15) is 0 Å². The van der Waals surface area contributed by atoms with Gasteiger partial charge in [0, 0.05) is 18.1 Å². The predicted molar refractivity (Wildman–Crippen MR) is 102 cm³/mol. The lowest BCUT2D eigenvalue weighted by Crippen LogP contribution is -2.11. The molecule has 0 N–H and O–H groups in total. The first-order valence-electron chi connectivity index (χ1n) is 9.01. The molecule has 3 rings (SSSR count). The van der Waals surface area contributed by atoms with E-state index in [1.807, 2.05) is 25.1 Å². The summed E-state index contributed by atoms with van der Waals surface area (Å²) in [6, 6.07) is 10.4. The van der Waals surface area contributed by atoms with Gasteiger partial charge in [0.05, 0.1) is 12.0 Å². The van der Waals surface area contributed by atoms with Gasteiger partial charge in [0.1, 0.15) is 13.0 Å². The molecule has 142 valence electrons. The van der Waals surface area contributed by atoms with E-state index in [0.29, 0.717) is 13.0 Å². The Morgan fingerprint density at radius 3 is 2.44 bits per heavy atom. The number of carbonyl (C=O) groups excluding carboxylic acids is 3. The van der Waals surface area contributed by atoms with Crippen LogP contribution in [0.4, 0.5) is 0 Å². The Balaban J connectivity index is 0.000000273. The molecule has 0 saturated carbocycles. The normalized spacial score (nSPS) is 15.6. The van der Waals surface area contributed by atoms with Crippen molar-refractivity contribution in [2.45, 2.75) is 39.0 Å². The number of rotatable bonds is 6. The lowest BCUT2D eigenvalue weighted by molar-refractivity contribution is -0.141. The number of cyclic esters (lactones) is 1. The molecular weight excluding hydrogens is 344 g/mol. The monoisotopic (exact) mass is 368 g/mol. The van der Waals surface area contributed by atoms with Crippen LogP contribution in [0.3, 0.4) is 0 Å². The second-order valence-corrected chi connectivity index (χ2v) is 6.31. The smallest absolute Gasteiger partial charge is 0.318 e. The van der Waals surface area contributed by atoms with Crippen molar-refractivity contribution < 1.29 is 23.9 Å². The van der Waals surface area contributed by atoms with Crippen LogP contribution in [-0.2, 0) is 30.3 Å². The Kier molecular flexibility index (Phi) is 8.23. The molecule has 1 aromatic rings. The average molecular weight is 368 g/mol. The van der Waals surface area contributed by atoms with E-state index in [9.17, 15) is 14.4 Å². The quantitative estimate of drug-likeness (QED) is 0.433. The largest absolute Gasteiger partial charge is 0.493 e. The number of unbranched alkanes of at least 4 members (excludes halogenated alkanes) is 1. The summed E-state index contributed by atoms with van der Waals surface area (Å²) in [5, 5.41) is 0. The maximum Gasteiger partial charge on any atom is 0.318 e. The molecule has 2 heterocycles. The molecule has 5 nitrogen and oxygen atoms in total. The SMILES string of the molecule is CC1=CC=C(C(=O)CCCCc2ccccc2)CO1.O=C1C=COC(=O)C1. The molecule has 0 spiro atoms. The van der Waals surface area contributed by atoms with Gasteiger partial charge in [-0.25, -0.2) is 0 Å². The highest BCUT2D eigenvalue weighted by Gasteiger charge is 2.12. The highest BCUT2D eigenvalue weighted by atomic mass is 16.5. The van der Waals surface area contributed by atoms with Gasteiger partial charge in [-0.3, -0.25) is 14.4 Å². The number of hydrogen-bond acceptors (Lipinski definition) is 5. The Morgan fingerprint density at radius 2 is 1.85 bits per heavy atom. The standard InChI is InChI=1S/C17H20O2.C5H4O3/c1-14-11-12-16(13-19-14)17(18)10-6-5-9-15-7-3-2-4-8-15;6-4-1-2-8-5(7)3-4/h2-4,7-8,11-12H,5-6,9-10,13H2,1H3;1-2H,3H2. The molecule has 0 unspecified atom stereocenters. The van der Waals surface area contributed by atoms with Crippen molar-refractivity contribution >= 4 is 17.5 Å². The van der Waals surface area contributed by atoms with Crippen molar-refractivity contribution in [3.05, 3.63) is 71.7 Å². The maximum absolute atomic E-state index is 11.9. The van der Waals surface area contributed by atoms with Crippen LogP contribution < -0.4 is 0 Å². The van der Waals surface area contributed by atoms with Crippen LogP contribution in [0.15, 0.2) is 66.2 Å². The summed E-state index contributed by atoms with van der Waals surface area (Å²) < 4.78 is 9.67. The van der Waals surface area contributed by atoms with Gasteiger partial charge >= 0.3 is 5.97 Å². The number of allylic oxidation sites excluding steroid dienone is 4. The van der Waals surface area contributed by atoms with Gasteiger partial charge in [-0.1, -0.05) is 30.3 Å². The molecular formula is C22H24O5. The summed E-state index contributed by atoms with van der Waals surface area (Å²) in [5.41, 5.74) is 2.14. The van der Waals surface area contributed by atoms with Crippen molar-refractivity contribution in [3.8, 4) is 0 Å². The van der Waals surface area contributed by atoms with E-state index in [4.69, 9.17) is 4.74 Å². The van der Waals surface area contributed by atoms with Crippen molar-refractivity contribution in [2.75, 3.05) is 6.61 Å². The van der Waals surface area contributed by atoms with Crippen LogP contribution >= 0.6 is 0 Å². The zero-order valence-corrected chi connectivity index (χ0v) is 15.5. The highest BCUT2D eigenvalue weighted by molar-refractivity contribution is 6.03. The second-order valence-electron chi connectivity index (χ2n) is 6.31. The van der Waals surface area contributed by atoms with Crippen molar-refractivity contribution in [3.63, 3.8) is 0 Å². The van der Waals surface area contributed by atoms with Crippen LogP contribution in [0.5, 0.6) is 0 Å². The van der Waals surface area contributed by atoms with Crippen LogP contribution in [0.25, 0.3) is 0 Å². The Labute approximate surface area is 159 Å². The molecule has 2 aliphatic heterocycles. The first kappa shape index (κ1) is 20.4. The molecule has 2 aliphatic rings. The Bertz CT molecular complexity index is 756. The van der Waals surface area contributed by atoms with Gasteiger partial charge in [0.25, 0.3) is 0 Å². The number of aryl methyl sites for hydroxylation is 1. The number of ketones is 2. The summed E-state index contributed by atoms with van der Waals surface area (Å²) in [6.07, 6.45) is 9.63. The van der Waals surface area contributed by atoms with Gasteiger partial charge in [0.15, 0.2) is 11.6 Å². The predicted octanol–water partition coefficient (Wildman–Crippen LogP) is 3.85. The number of benzene rings is 1. The molecule has 0 aromatic heterocycles. The van der Waals surface area contributed by atoms with Crippen molar-refractivity contribution in [1.29, 1.82) is 0 Å². The van der Waals surface area contributed by atoms with E-state index >= 15 is 0 Å². The zero-order valence-electron chi connectivity index (χ0n) is 15.5. The zero-order chi connectivity index (χ0) is 19.5. The van der Waals surface area contributed by atoms with Crippen molar-refractivity contribution in [1.82, 2.24) is 0 Å². The van der Waals surface area contributed by atoms with Crippen LogP contribution in [0.1, 0.15) is 38.2 Å². The van der Waals surface area contributed by atoms with Gasteiger partial charge in [-0.05, 0) is 43.9 Å². The van der Waals surface area contributed by atoms with E-state index in [-0.39, 0.29) is 18.0 Å². The average Bonchev–Trinajstić information content (AvgIpc) is 2.67. The summed E-state index contributed by atoms with van der Waals surface area (Å²) in [6.45, 7) is 2.33. The molecule has 1 aromatic carbocycles. The molecule has 0 fully saturated rings. The molecule has 0 radical (unpaired) electrons. The van der Waals surface area contributed by atoms with Crippen LogP contribution in [0, 0.1) is 0 Å². The van der Waals surface area contributed by atoms with E-state index < -0.39 is 5.97 Å². The fraction of sp³-hybridized carbons (Fsp3) is 0.318. The number of Topliss-reactive ketones (excluding diaryl/α,β-unsaturated/α-hetero) is 1. The molecule has 0 atom stereocenters. The highest BCUT2D eigenvalue weighted by Crippen LogP contribution is 2.14. The summed E-state index contributed by atoms with van der Waals surface area (Å²) >= 11 is 0. The van der Waals surface area contributed by atoms with E-state index in [1.54, 1.807) is 0 Å². The van der Waals surface area contributed by atoms with Crippen LogP contribution in [-0.4, -0.2) is 24.1 Å². The topological polar surface area (TPSA) is 69.7 Å². The Morgan fingerprint density at radius 1 is 1.07 bits per heavy atom. The Hall–Kier alpha value is -2.95. The van der Waals surface area contributed by atoms with Crippen LogP contribution in [0.2, 0.25) is 0 Å². The maximum atomic E-state index is 11.9. The van der Waals surface area contributed by atoms with E-state index in [0.717, 1.165) is 36.9 Å². The van der Waals surface area contributed by atoms with E-state index in [1.165, 1.54) is 11.6 Å². The second kappa shape index (κ2) is 10.9. The lowest BCUT2D eigenvalue weighted by atomic mass is 10.0. The number of esters is 1. The molecule has 27 heavy (non-hydrogen) atoms. The number of hydrogen-bond donors (Lipinski definition) is 0. The third-order valence-corrected chi connectivity index (χ3v) is 4.07.